The van der Waals surface area contributed by atoms with Crippen LogP contribution in [0, 0.1) is 0 Å². The van der Waals surface area contributed by atoms with E-state index in [0.29, 0.717) is 6.54 Å². The van der Waals surface area contributed by atoms with Gasteiger partial charge in [-0.2, -0.15) is 13.2 Å². The summed E-state index contributed by atoms with van der Waals surface area (Å²) in [6, 6.07) is 3.73. The predicted octanol–water partition coefficient (Wildman–Crippen LogP) is 2.69. The molecule has 0 bridgehead atoms. The molecule has 1 rings (SSSR count). The zero-order chi connectivity index (χ0) is 16.0. The third kappa shape index (κ3) is 5.37. The highest BCUT2D eigenvalue weighted by molar-refractivity contribution is 5.78. The zero-order valence-corrected chi connectivity index (χ0v) is 11.9. The number of benzene rings is 1. The fourth-order valence-electron chi connectivity index (χ4n) is 1.55. The van der Waals surface area contributed by atoms with Crippen LogP contribution < -0.4 is 15.8 Å². The first-order chi connectivity index (χ1) is 9.74. The van der Waals surface area contributed by atoms with Crippen molar-refractivity contribution in [3.8, 4) is 5.75 Å². The quantitative estimate of drug-likeness (QED) is 0.499. The Morgan fingerprint density at radius 3 is 2.62 bits per heavy atom. The number of guanidine groups is 1. The molecule has 21 heavy (non-hydrogen) atoms. The number of hydrogen-bond donors (Lipinski definition) is 2. The van der Waals surface area contributed by atoms with Crippen LogP contribution in [0.2, 0.25) is 0 Å². The first-order valence-corrected chi connectivity index (χ1v) is 6.16. The largest absolute Gasteiger partial charge is 0.497 e. The Morgan fingerprint density at radius 1 is 1.43 bits per heavy atom. The molecule has 4 nitrogen and oxygen atoms in total. The van der Waals surface area contributed by atoms with Crippen LogP contribution in [0.4, 0.5) is 13.2 Å². The molecule has 116 valence electrons. The summed E-state index contributed by atoms with van der Waals surface area (Å²) < 4.78 is 43.8. The Balaban J connectivity index is 2.92. The molecule has 0 amide bonds. The molecule has 0 spiro atoms. The fraction of sp³-hybridized carbons (Fsp3) is 0.357. The van der Waals surface area contributed by atoms with Crippen molar-refractivity contribution in [2.24, 2.45) is 10.7 Å². The average Bonchev–Trinajstić information content (AvgIpc) is 2.41. The van der Waals surface area contributed by atoms with E-state index in [1.165, 1.54) is 19.2 Å². The summed E-state index contributed by atoms with van der Waals surface area (Å²) in [4.78, 5) is 3.90. The summed E-state index contributed by atoms with van der Waals surface area (Å²) >= 11 is 0. The van der Waals surface area contributed by atoms with Gasteiger partial charge in [0.2, 0.25) is 0 Å². The van der Waals surface area contributed by atoms with Crippen molar-refractivity contribution in [1.29, 1.82) is 0 Å². The lowest BCUT2D eigenvalue weighted by Crippen LogP contribution is -2.32. The lowest BCUT2D eigenvalue weighted by molar-refractivity contribution is -0.138. The van der Waals surface area contributed by atoms with Crippen molar-refractivity contribution in [3.05, 3.63) is 41.5 Å². The van der Waals surface area contributed by atoms with Gasteiger partial charge in [-0.3, -0.25) is 0 Å². The molecule has 0 unspecified atom stereocenters. The number of rotatable bonds is 5. The van der Waals surface area contributed by atoms with Gasteiger partial charge in [0.15, 0.2) is 5.96 Å². The van der Waals surface area contributed by atoms with E-state index in [1.54, 1.807) is 6.92 Å². The van der Waals surface area contributed by atoms with E-state index in [4.69, 9.17) is 10.5 Å². The van der Waals surface area contributed by atoms with E-state index in [2.05, 4.69) is 16.9 Å². The number of methoxy groups -OCH3 is 1. The maximum absolute atomic E-state index is 13.0. The van der Waals surface area contributed by atoms with Gasteiger partial charge in [-0.25, -0.2) is 4.99 Å². The van der Waals surface area contributed by atoms with Gasteiger partial charge < -0.3 is 15.8 Å². The second-order valence-electron chi connectivity index (χ2n) is 4.53. The minimum absolute atomic E-state index is 0.0309. The van der Waals surface area contributed by atoms with Gasteiger partial charge in [0.05, 0.1) is 19.2 Å². The molecule has 0 saturated heterocycles. The SMILES string of the molecule is C=C(C)CNC(N)=NCc1ccc(OC)cc1C(F)(F)F. The predicted molar refractivity (Wildman–Crippen MR) is 76.1 cm³/mol. The first-order valence-electron chi connectivity index (χ1n) is 6.16. The molecule has 1 aromatic rings. The smallest absolute Gasteiger partial charge is 0.416 e. The maximum atomic E-state index is 13.0. The van der Waals surface area contributed by atoms with Crippen LogP contribution in [0.3, 0.4) is 0 Å². The lowest BCUT2D eigenvalue weighted by atomic mass is 10.1. The lowest BCUT2D eigenvalue weighted by Gasteiger charge is -2.13. The number of halogens is 3. The summed E-state index contributed by atoms with van der Waals surface area (Å²) in [6.45, 7) is 5.72. The summed E-state index contributed by atoms with van der Waals surface area (Å²) in [5.74, 6) is 0.213. The fourth-order valence-corrected chi connectivity index (χ4v) is 1.55. The second-order valence-corrected chi connectivity index (χ2v) is 4.53. The topological polar surface area (TPSA) is 59.6 Å². The molecule has 7 heteroatoms. The molecule has 0 heterocycles. The Bertz CT molecular complexity index is 539. The molecule has 0 radical (unpaired) electrons. The Labute approximate surface area is 121 Å². The highest BCUT2D eigenvalue weighted by Crippen LogP contribution is 2.34. The minimum atomic E-state index is -4.47. The maximum Gasteiger partial charge on any atom is 0.416 e. The van der Waals surface area contributed by atoms with E-state index < -0.39 is 11.7 Å². The number of nitrogens with two attached hydrogens (primary N) is 1. The highest BCUT2D eigenvalue weighted by Gasteiger charge is 2.33. The van der Waals surface area contributed by atoms with E-state index >= 15 is 0 Å². The second kappa shape index (κ2) is 7.01. The van der Waals surface area contributed by atoms with Crippen molar-refractivity contribution in [1.82, 2.24) is 5.32 Å². The van der Waals surface area contributed by atoms with Crippen LogP contribution in [-0.2, 0) is 12.7 Å². The summed E-state index contributed by atoms with van der Waals surface area (Å²) in [5.41, 5.74) is 5.67. The third-order valence-electron chi connectivity index (χ3n) is 2.61. The van der Waals surface area contributed by atoms with Crippen LogP contribution in [0.25, 0.3) is 0 Å². The van der Waals surface area contributed by atoms with Crippen molar-refractivity contribution in [2.45, 2.75) is 19.6 Å². The Hall–Kier alpha value is -2.18. The van der Waals surface area contributed by atoms with Crippen molar-refractivity contribution >= 4 is 5.96 Å². The number of ether oxygens (including phenoxy) is 1. The van der Waals surface area contributed by atoms with E-state index in [1.807, 2.05) is 0 Å². The number of nitrogens with one attached hydrogen (secondary N) is 1. The van der Waals surface area contributed by atoms with Crippen LogP contribution >= 0.6 is 0 Å². The van der Waals surface area contributed by atoms with Gasteiger partial charge in [0, 0.05) is 6.54 Å². The minimum Gasteiger partial charge on any atom is -0.497 e. The monoisotopic (exact) mass is 301 g/mol. The molecule has 0 atom stereocenters. The van der Waals surface area contributed by atoms with Crippen molar-refractivity contribution in [2.75, 3.05) is 13.7 Å². The molecule has 0 aliphatic rings. The van der Waals surface area contributed by atoms with E-state index in [9.17, 15) is 13.2 Å². The third-order valence-corrected chi connectivity index (χ3v) is 2.61. The normalized spacial score (nSPS) is 12.1. The molecule has 0 aliphatic heterocycles. The summed E-state index contributed by atoms with van der Waals surface area (Å²) in [6.07, 6.45) is -4.47. The van der Waals surface area contributed by atoms with Gasteiger partial charge in [0.25, 0.3) is 0 Å². The molecule has 0 aromatic heterocycles. The van der Waals surface area contributed by atoms with Crippen molar-refractivity contribution < 1.29 is 17.9 Å². The molecular weight excluding hydrogens is 283 g/mol. The van der Waals surface area contributed by atoms with E-state index in [-0.39, 0.29) is 23.8 Å². The Morgan fingerprint density at radius 2 is 2.10 bits per heavy atom. The Kier molecular flexibility index (Phi) is 5.63. The van der Waals surface area contributed by atoms with Gasteiger partial charge in [-0.1, -0.05) is 18.2 Å². The zero-order valence-electron chi connectivity index (χ0n) is 11.9. The summed E-state index contributed by atoms with van der Waals surface area (Å²) in [5, 5.41) is 2.76. The van der Waals surface area contributed by atoms with Crippen LogP contribution in [-0.4, -0.2) is 19.6 Å². The standard InChI is InChI=1S/C14H18F3N3O/c1-9(2)7-19-13(18)20-8-10-4-5-11(21-3)6-12(10)14(15,16)17/h4-6H,1,7-8H2,2-3H3,(H3,18,19,20). The number of aliphatic imine (C=N–C) groups is 1. The number of alkyl halides is 3. The van der Waals surface area contributed by atoms with Crippen molar-refractivity contribution in [3.63, 3.8) is 0 Å². The molecular formula is C14H18F3N3O. The molecule has 0 fully saturated rings. The molecule has 0 saturated carbocycles. The van der Waals surface area contributed by atoms with Gasteiger partial charge in [-0.15, -0.1) is 0 Å². The van der Waals surface area contributed by atoms with Crippen LogP contribution in [0.5, 0.6) is 5.75 Å². The number of nitrogens with zero attached hydrogens (tertiary/aromatic N) is 1. The molecule has 1 aromatic carbocycles. The van der Waals surface area contributed by atoms with Crippen LogP contribution in [0.1, 0.15) is 18.1 Å². The highest BCUT2D eigenvalue weighted by atomic mass is 19.4. The molecule has 3 N–H and O–H groups in total. The van der Waals surface area contributed by atoms with Gasteiger partial charge in [0.1, 0.15) is 5.75 Å². The van der Waals surface area contributed by atoms with E-state index in [0.717, 1.165) is 11.6 Å². The molecule has 0 aliphatic carbocycles. The number of hydrogen-bond acceptors (Lipinski definition) is 2. The van der Waals surface area contributed by atoms with Crippen LogP contribution in [0.15, 0.2) is 35.3 Å². The summed E-state index contributed by atoms with van der Waals surface area (Å²) in [7, 11) is 1.31. The first kappa shape index (κ1) is 16.9. The van der Waals surface area contributed by atoms with Gasteiger partial charge >= 0.3 is 6.18 Å². The van der Waals surface area contributed by atoms with Gasteiger partial charge in [-0.05, 0) is 24.6 Å². The average molecular weight is 301 g/mol.